The fourth-order valence-electron chi connectivity index (χ4n) is 4.85. The van der Waals surface area contributed by atoms with Crippen LogP contribution in [0.5, 0.6) is 0 Å². The molecule has 1 saturated carbocycles. The molecular formula is C21H27BN6. The molecule has 2 fully saturated rings. The summed E-state index contributed by atoms with van der Waals surface area (Å²) < 4.78 is 1.92. The van der Waals surface area contributed by atoms with Crippen LogP contribution in [0.2, 0.25) is 0 Å². The zero-order chi connectivity index (χ0) is 18.9. The minimum Gasteiger partial charge on any atom is -0.366 e. The number of hydrogen-bond acceptors (Lipinski definition) is 5. The van der Waals surface area contributed by atoms with Crippen LogP contribution in [-0.4, -0.2) is 40.5 Å². The molecule has 2 aliphatic rings. The van der Waals surface area contributed by atoms with E-state index in [9.17, 15) is 0 Å². The molecule has 5 rings (SSSR count). The molecule has 2 atom stereocenters. The fraction of sp³-hybridized carbons (Fsp3) is 0.476. The van der Waals surface area contributed by atoms with Crippen molar-refractivity contribution in [1.82, 2.24) is 19.6 Å². The van der Waals surface area contributed by atoms with Crippen molar-refractivity contribution in [2.45, 2.75) is 38.6 Å². The van der Waals surface area contributed by atoms with Crippen molar-refractivity contribution < 1.29 is 0 Å². The second kappa shape index (κ2) is 7.45. The Morgan fingerprint density at radius 1 is 1.14 bits per heavy atom. The second-order valence-electron chi connectivity index (χ2n) is 8.32. The molecule has 7 heteroatoms. The maximum absolute atomic E-state index is 4.99. The van der Waals surface area contributed by atoms with Crippen LogP contribution in [0.1, 0.15) is 37.7 Å². The summed E-state index contributed by atoms with van der Waals surface area (Å²) >= 11 is 0. The third kappa shape index (κ3) is 3.34. The Morgan fingerprint density at radius 3 is 2.89 bits per heavy atom. The normalized spacial score (nSPS) is 22.2. The van der Waals surface area contributed by atoms with Gasteiger partial charge in [0, 0.05) is 44.3 Å². The maximum Gasteiger partial charge on any atom is 0.153 e. The summed E-state index contributed by atoms with van der Waals surface area (Å²) in [5.74, 6) is 3.82. The molecule has 2 unspecified atom stereocenters. The van der Waals surface area contributed by atoms with E-state index in [0.717, 1.165) is 59.8 Å². The van der Waals surface area contributed by atoms with Gasteiger partial charge in [-0.05, 0) is 41.8 Å². The molecular weight excluding hydrogens is 347 g/mol. The van der Waals surface area contributed by atoms with E-state index in [1.165, 1.54) is 32.1 Å². The lowest BCUT2D eigenvalue weighted by atomic mass is 9.75. The Kier molecular flexibility index (Phi) is 4.67. The molecule has 0 amide bonds. The van der Waals surface area contributed by atoms with Crippen LogP contribution in [0, 0.1) is 11.8 Å². The van der Waals surface area contributed by atoms with Crippen LogP contribution in [0.4, 0.5) is 11.6 Å². The molecule has 144 valence electrons. The van der Waals surface area contributed by atoms with E-state index < -0.39 is 0 Å². The largest absolute Gasteiger partial charge is 0.366 e. The monoisotopic (exact) mass is 374 g/mol. The minimum absolute atomic E-state index is 0.718. The zero-order valence-corrected chi connectivity index (χ0v) is 16.5. The lowest BCUT2D eigenvalue weighted by molar-refractivity contribution is 0.202. The summed E-state index contributed by atoms with van der Waals surface area (Å²) in [7, 11) is 2.08. The van der Waals surface area contributed by atoms with E-state index in [0.29, 0.717) is 0 Å². The van der Waals surface area contributed by atoms with Crippen molar-refractivity contribution in [3.63, 3.8) is 0 Å². The molecule has 0 aromatic carbocycles. The van der Waals surface area contributed by atoms with Crippen molar-refractivity contribution in [1.29, 1.82) is 0 Å². The van der Waals surface area contributed by atoms with Crippen LogP contribution in [-0.2, 0) is 6.54 Å². The first-order valence-electron chi connectivity index (χ1n) is 10.5. The van der Waals surface area contributed by atoms with E-state index in [1.54, 1.807) is 6.20 Å². The lowest BCUT2D eigenvalue weighted by Gasteiger charge is -2.41. The van der Waals surface area contributed by atoms with Crippen LogP contribution in [0.15, 0.2) is 36.8 Å². The number of rotatable bonds is 4. The second-order valence-corrected chi connectivity index (χ2v) is 8.32. The Bertz CT molecular complexity index is 956. The fourth-order valence-corrected chi connectivity index (χ4v) is 4.85. The summed E-state index contributed by atoms with van der Waals surface area (Å²) in [6, 6.07) is 6.22. The Labute approximate surface area is 166 Å². The number of pyridine rings is 1. The smallest absolute Gasteiger partial charge is 0.153 e. The van der Waals surface area contributed by atoms with Gasteiger partial charge in [-0.3, -0.25) is 4.98 Å². The van der Waals surface area contributed by atoms with Gasteiger partial charge in [-0.2, -0.15) is 9.61 Å². The van der Waals surface area contributed by atoms with Gasteiger partial charge in [0.15, 0.2) is 5.65 Å². The highest BCUT2D eigenvalue weighted by molar-refractivity contribution is 6.36. The number of hydrogen-bond donors (Lipinski definition) is 1. The van der Waals surface area contributed by atoms with Crippen LogP contribution < -0.4 is 15.7 Å². The van der Waals surface area contributed by atoms with Gasteiger partial charge in [0.25, 0.3) is 0 Å². The molecule has 1 aliphatic carbocycles. The van der Waals surface area contributed by atoms with E-state index in [2.05, 4.69) is 40.3 Å². The highest BCUT2D eigenvalue weighted by Gasteiger charge is 2.32. The van der Waals surface area contributed by atoms with Crippen molar-refractivity contribution >= 4 is 30.6 Å². The molecule has 3 aromatic heterocycles. The van der Waals surface area contributed by atoms with Crippen molar-refractivity contribution in [3.8, 4) is 0 Å². The predicted octanol–water partition coefficient (Wildman–Crippen LogP) is 2.01. The molecule has 1 N–H and O–H groups in total. The van der Waals surface area contributed by atoms with Gasteiger partial charge in [-0.1, -0.05) is 25.3 Å². The van der Waals surface area contributed by atoms with Gasteiger partial charge in [-0.25, -0.2) is 4.98 Å². The summed E-state index contributed by atoms with van der Waals surface area (Å²) in [5.41, 5.74) is 3.21. The van der Waals surface area contributed by atoms with E-state index in [-0.39, 0.29) is 0 Å². The summed E-state index contributed by atoms with van der Waals surface area (Å²) in [5, 5.41) is 8.09. The number of aromatic nitrogens is 4. The Morgan fingerprint density at radius 2 is 2.04 bits per heavy atom. The van der Waals surface area contributed by atoms with Crippen LogP contribution >= 0.6 is 0 Å². The standard InChI is InChI=1S/C21H27BN6/c22-18-13-25-28-19(24-12-15-4-3-8-23-11-15)10-20(26-21(18)28)27-9-7-16-5-1-2-6-17(16)14-27/h3-4,8,10-11,13,16-17,24H,1-2,5-7,9,12,14,22H2. The first-order valence-corrected chi connectivity index (χ1v) is 10.5. The molecule has 1 aliphatic heterocycles. The van der Waals surface area contributed by atoms with Crippen molar-refractivity contribution in [2.24, 2.45) is 11.8 Å². The highest BCUT2D eigenvalue weighted by atomic mass is 15.3. The third-order valence-electron chi connectivity index (χ3n) is 6.45. The predicted molar refractivity (Wildman–Crippen MR) is 115 cm³/mol. The number of piperidine rings is 1. The third-order valence-corrected chi connectivity index (χ3v) is 6.45. The van der Waals surface area contributed by atoms with Crippen LogP contribution in [0.3, 0.4) is 0 Å². The molecule has 0 spiro atoms. The average molecular weight is 374 g/mol. The van der Waals surface area contributed by atoms with E-state index in [4.69, 9.17) is 4.98 Å². The lowest BCUT2D eigenvalue weighted by Crippen LogP contribution is -2.42. The zero-order valence-electron chi connectivity index (χ0n) is 16.5. The van der Waals surface area contributed by atoms with Gasteiger partial charge in [0.2, 0.25) is 0 Å². The SMILES string of the molecule is Bc1cnn2c(NCc3cccnc3)cc(N3CCC4CCCCC4C3)nc12. The highest BCUT2D eigenvalue weighted by Crippen LogP contribution is 2.37. The topological polar surface area (TPSA) is 58.4 Å². The van der Waals surface area contributed by atoms with Gasteiger partial charge in [-0.15, -0.1) is 0 Å². The molecule has 3 aromatic rings. The summed E-state index contributed by atoms with van der Waals surface area (Å²) in [6.45, 7) is 2.97. The van der Waals surface area contributed by atoms with E-state index in [1.807, 2.05) is 23.0 Å². The molecule has 4 heterocycles. The average Bonchev–Trinajstić information content (AvgIpc) is 3.13. The van der Waals surface area contributed by atoms with Crippen LogP contribution in [0.25, 0.3) is 5.65 Å². The van der Waals surface area contributed by atoms with Gasteiger partial charge in [0.1, 0.15) is 19.5 Å². The summed E-state index contributed by atoms with van der Waals surface area (Å²) in [4.78, 5) is 11.7. The minimum atomic E-state index is 0.718. The summed E-state index contributed by atoms with van der Waals surface area (Å²) in [6.07, 6.45) is 12.5. The quantitative estimate of drug-likeness (QED) is 0.708. The number of fused-ring (bicyclic) bond motifs is 2. The van der Waals surface area contributed by atoms with Gasteiger partial charge in [0.05, 0.1) is 0 Å². The Balaban J connectivity index is 1.43. The first-order chi connectivity index (χ1) is 13.8. The molecule has 6 nitrogen and oxygen atoms in total. The molecule has 28 heavy (non-hydrogen) atoms. The Hall–Kier alpha value is -2.57. The molecule has 1 saturated heterocycles. The number of nitrogens with zero attached hydrogens (tertiary/aromatic N) is 5. The first kappa shape index (κ1) is 17.5. The van der Waals surface area contributed by atoms with Gasteiger partial charge >= 0.3 is 0 Å². The van der Waals surface area contributed by atoms with Crippen molar-refractivity contribution in [3.05, 3.63) is 42.4 Å². The number of nitrogens with one attached hydrogen (secondary N) is 1. The van der Waals surface area contributed by atoms with Crippen molar-refractivity contribution in [2.75, 3.05) is 23.3 Å². The number of anilines is 2. The maximum atomic E-state index is 4.99. The van der Waals surface area contributed by atoms with E-state index >= 15 is 0 Å². The van der Waals surface area contributed by atoms with Gasteiger partial charge < -0.3 is 10.2 Å². The molecule has 0 bridgehead atoms. The molecule has 0 radical (unpaired) electrons.